The van der Waals surface area contributed by atoms with Crippen LogP contribution in [-0.2, 0) is 6.42 Å². The van der Waals surface area contributed by atoms with Crippen LogP contribution >= 0.6 is 0 Å². The number of aryl methyl sites for hydroxylation is 1. The summed E-state index contributed by atoms with van der Waals surface area (Å²) in [6.07, 6.45) is 6.72. The van der Waals surface area contributed by atoms with Crippen LogP contribution in [0.2, 0.25) is 0 Å². The van der Waals surface area contributed by atoms with Crippen LogP contribution in [-0.4, -0.2) is 0 Å². The number of benzene rings is 2. The standard InChI is InChI=1S/C17H18/c1-2-8-16-11-6-7-12-17(16)14-13-15-9-4-3-5-10-15/h3-7,9-14H,2,8H2,1H3/b14-13+. The van der Waals surface area contributed by atoms with Crippen molar-refractivity contribution in [3.05, 3.63) is 71.3 Å². The first-order chi connectivity index (χ1) is 8.40. The lowest BCUT2D eigenvalue weighted by atomic mass is 10.0. The molecule has 0 spiro atoms. The molecule has 2 rings (SSSR count). The van der Waals surface area contributed by atoms with Crippen molar-refractivity contribution >= 4 is 12.2 Å². The fourth-order valence-corrected chi connectivity index (χ4v) is 1.94. The van der Waals surface area contributed by atoms with Gasteiger partial charge in [0.05, 0.1) is 0 Å². The molecule has 0 radical (unpaired) electrons. The molecule has 17 heavy (non-hydrogen) atoms. The van der Waals surface area contributed by atoms with Gasteiger partial charge in [-0.2, -0.15) is 0 Å². The minimum atomic E-state index is 1.15. The molecular formula is C17H18. The summed E-state index contributed by atoms with van der Waals surface area (Å²) in [7, 11) is 0. The Morgan fingerprint density at radius 2 is 1.53 bits per heavy atom. The van der Waals surface area contributed by atoms with Gasteiger partial charge in [0.25, 0.3) is 0 Å². The molecular weight excluding hydrogens is 204 g/mol. The van der Waals surface area contributed by atoms with Gasteiger partial charge in [0.1, 0.15) is 0 Å². The summed E-state index contributed by atoms with van der Waals surface area (Å²) in [5.74, 6) is 0. The molecule has 0 N–H and O–H groups in total. The van der Waals surface area contributed by atoms with Gasteiger partial charge in [0.2, 0.25) is 0 Å². The van der Waals surface area contributed by atoms with Gasteiger partial charge >= 0.3 is 0 Å². The molecule has 0 aliphatic rings. The van der Waals surface area contributed by atoms with Crippen LogP contribution in [0.5, 0.6) is 0 Å². The Bertz CT molecular complexity index is 480. The molecule has 0 atom stereocenters. The van der Waals surface area contributed by atoms with Gasteiger partial charge in [0.15, 0.2) is 0 Å². The van der Waals surface area contributed by atoms with E-state index in [1.165, 1.54) is 23.1 Å². The number of hydrogen-bond donors (Lipinski definition) is 0. The summed E-state index contributed by atoms with van der Waals surface area (Å²) >= 11 is 0. The number of hydrogen-bond acceptors (Lipinski definition) is 0. The molecule has 0 heteroatoms. The Morgan fingerprint density at radius 3 is 2.29 bits per heavy atom. The van der Waals surface area contributed by atoms with Gasteiger partial charge < -0.3 is 0 Å². The van der Waals surface area contributed by atoms with Crippen LogP contribution < -0.4 is 0 Å². The van der Waals surface area contributed by atoms with Gasteiger partial charge in [-0.1, -0.05) is 80.1 Å². The van der Waals surface area contributed by atoms with Crippen molar-refractivity contribution in [3.63, 3.8) is 0 Å². The predicted octanol–water partition coefficient (Wildman–Crippen LogP) is 4.81. The zero-order chi connectivity index (χ0) is 11.9. The Labute approximate surface area is 104 Å². The van der Waals surface area contributed by atoms with E-state index in [0.29, 0.717) is 0 Å². The molecule has 0 amide bonds. The summed E-state index contributed by atoms with van der Waals surface area (Å²) < 4.78 is 0. The topological polar surface area (TPSA) is 0 Å². The summed E-state index contributed by atoms with van der Waals surface area (Å²) in [5, 5.41) is 0. The first kappa shape index (κ1) is 11.7. The molecule has 0 heterocycles. The molecule has 2 aromatic carbocycles. The van der Waals surface area contributed by atoms with E-state index in [0.717, 1.165) is 6.42 Å². The van der Waals surface area contributed by atoms with Gasteiger partial charge in [0, 0.05) is 0 Å². The van der Waals surface area contributed by atoms with Crippen molar-refractivity contribution in [2.75, 3.05) is 0 Å². The molecule has 0 fully saturated rings. The molecule has 0 nitrogen and oxygen atoms in total. The van der Waals surface area contributed by atoms with E-state index >= 15 is 0 Å². The van der Waals surface area contributed by atoms with Crippen molar-refractivity contribution in [2.45, 2.75) is 19.8 Å². The van der Waals surface area contributed by atoms with Crippen molar-refractivity contribution in [1.29, 1.82) is 0 Å². The maximum Gasteiger partial charge on any atom is -0.0224 e. The van der Waals surface area contributed by atoms with Crippen molar-refractivity contribution in [1.82, 2.24) is 0 Å². The minimum absolute atomic E-state index is 1.15. The molecule has 0 aliphatic heterocycles. The van der Waals surface area contributed by atoms with Crippen LogP contribution in [0.25, 0.3) is 12.2 Å². The molecule has 0 unspecified atom stereocenters. The van der Waals surface area contributed by atoms with Crippen molar-refractivity contribution in [3.8, 4) is 0 Å². The maximum atomic E-state index is 2.22. The van der Waals surface area contributed by atoms with E-state index in [9.17, 15) is 0 Å². The quantitative estimate of drug-likeness (QED) is 0.651. The third-order valence-electron chi connectivity index (χ3n) is 2.83. The van der Waals surface area contributed by atoms with E-state index < -0.39 is 0 Å². The lowest BCUT2D eigenvalue weighted by Crippen LogP contribution is -1.87. The highest BCUT2D eigenvalue weighted by atomic mass is 14.0. The largest absolute Gasteiger partial charge is 0.0651 e. The van der Waals surface area contributed by atoms with Crippen LogP contribution in [0, 0.1) is 0 Å². The van der Waals surface area contributed by atoms with Crippen LogP contribution in [0.1, 0.15) is 30.0 Å². The first-order valence-electron chi connectivity index (χ1n) is 6.21. The van der Waals surface area contributed by atoms with E-state index in [2.05, 4.69) is 67.6 Å². The van der Waals surface area contributed by atoms with E-state index in [4.69, 9.17) is 0 Å². The average Bonchev–Trinajstić information content (AvgIpc) is 2.39. The highest BCUT2D eigenvalue weighted by Gasteiger charge is 1.96. The molecule has 2 aromatic rings. The molecule has 0 aromatic heterocycles. The monoisotopic (exact) mass is 222 g/mol. The summed E-state index contributed by atoms with van der Waals surface area (Å²) in [6.45, 7) is 2.22. The zero-order valence-corrected chi connectivity index (χ0v) is 10.3. The summed E-state index contributed by atoms with van der Waals surface area (Å²) in [4.78, 5) is 0. The fraction of sp³-hybridized carbons (Fsp3) is 0.176. The molecule has 0 bridgehead atoms. The van der Waals surface area contributed by atoms with Crippen molar-refractivity contribution < 1.29 is 0 Å². The van der Waals surface area contributed by atoms with Gasteiger partial charge in [-0.25, -0.2) is 0 Å². The lowest BCUT2D eigenvalue weighted by Gasteiger charge is -2.03. The minimum Gasteiger partial charge on any atom is -0.0651 e. The SMILES string of the molecule is CCCc1ccccc1/C=C/c1ccccc1. The number of rotatable bonds is 4. The third-order valence-corrected chi connectivity index (χ3v) is 2.83. The summed E-state index contributed by atoms with van der Waals surface area (Å²) in [6, 6.07) is 19.0. The first-order valence-corrected chi connectivity index (χ1v) is 6.21. The van der Waals surface area contributed by atoms with E-state index in [1.807, 2.05) is 6.07 Å². The second kappa shape index (κ2) is 6.05. The van der Waals surface area contributed by atoms with E-state index in [-0.39, 0.29) is 0 Å². The Hall–Kier alpha value is -1.82. The Morgan fingerprint density at radius 1 is 0.824 bits per heavy atom. The second-order valence-electron chi connectivity index (χ2n) is 4.19. The maximum absolute atomic E-state index is 2.22. The van der Waals surface area contributed by atoms with Gasteiger partial charge in [-0.05, 0) is 23.1 Å². The van der Waals surface area contributed by atoms with Crippen molar-refractivity contribution in [2.24, 2.45) is 0 Å². The molecule has 86 valence electrons. The average molecular weight is 222 g/mol. The zero-order valence-electron chi connectivity index (χ0n) is 10.3. The summed E-state index contributed by atoms with van der Waals surface area (Å²) in [5.41, 5.74) is 4.01. The molecule has 0 saturated carbocycles. The van der Waals surface area contributed by atoms with E-state index in [1.54, 1.807) is 0 Å². The smallest absolute Gasteiger partial charge is 0.0224 e. The van der Waals surface area contributed by atoms with Crippen LogP contribution in [0.3, 0.4) is 0 Å². The van der Waals surface area contributed by atoms with Gasteiger partial charge in [-0.15, -0.1) is 0 Å². The lowest BCUT2D eigenvalue weighted by molar-refractivity contribution is 0.920. The normalized spacial score (nSPS) is 10.9. The van der Waals surface area contributed by atoms with Crippen LogP contribution in [0.4, 0.5) is 0 Å². The second-order valence-corrected chi connectivity index (χ2v) is 4.19. The molecule has 0 aliphatic carbocycles. The van der Waals surface area contributed by atoms with Crippen LogP contribution in [0.15, 0.2) is 54.6 Å². The highest BCUT2D eigenvalue weighted by molar-refractivity contribution is 5.71. The Balaban J connectivity index is 2.21. The Kier molecular flexibility index (Phi) is 4.15. The predicted molar refractivity (Wildman–Crippen MR) is 75.8 cm³/mol. The molecule has 0 saturated heterocycles. The van der Waals surface area contributed by atoms with Gasteiger partial charge in [-0.3, -0.25) is 0 Å². The highest BCUT2D eigenvalue weighted by Crippen LogP contribution is 2.14. The fourth-order valence-electron chi connectivity index (χ4n) is 1.94. The third kappa shape index (κ3) is 3.32.